The highest BCUT2D eigenvalue weighted by Gasteiger charge is 2.39. The van der Waals surface area contributed by atoms with Crippen LogP contribution in [0.2, 0.25) is 0 Å². The molecule has 1 aliphatic heterocycles. The number of nitrogens with zero attached hydrogens (tertiary/aromatic N) is 1. The van der Waals surface area contributed by atoms with Crippen LogP contribution in [0.25, 0.3) is 0 Å². The number of benzene rings is 2. The van der Waals surface area contributed by atoms with Gasteiger partial charge in [-0.05, 0) is 36.2 Å². The van der Waals surface area contributed by atoms with E-state index in [1.807, 2.05) is 54.6 Å². The van der Waals surface area contributed by atoms with E-state index < -0.39 is 5.97 Å². The molecule has 1 aromatic heterocycles. The molecule has 0 spiro atoms. The number of fused-ring (bicyclic) bond motifs is 1. The Morgan fingerprint density at radius 2 is 1.78 bits per heavy atom. The molecule has 1 unspecified atom stereocenters. The fourth-order valence-corrected chi connectivity index (χ4v) is 3.43. The van der Waals surface area contributed by atoms with Gasteiger partial charge < -0.3 is 14.1 Å². The molecule has 0 N–H and O–H groups in total. The van der Waals surface area contributed by atoms with Crippen LogP contribution in [0.4, 0.5) is 0 Å². The molecule has 1 aliphatic rings. The normalized spacial score (nSPS) is 15.7. The van der Waals surface area contributed by atoms with Gasteiger partial charge in [-0.3, -0.25) is 4.79 Å². The summed E-state index contributed by atoms with van der Waals surface area (Å²) in [7, 11) is 0. The van der Waals surface area contributed by atoms with Crippen LogP contribution >= 0.6 is 0 Å². The second-order valence-electron chi connectivity index (χ2n) is 6.33. The van der Waals surface area contributed by atoms with Gasteiger partial charge >= 0.3 is 5.97 Å². The largest absolute Gasteiger partial charge is 0.460 e. The second-order valence-corrected chi connectivity index (χ2v) is 6.33. The van der Waals surface area contributed by atoms with E-state index in [0.717, 1.165) is 11.1 Å². The van der Waals surface area contributed by atoms with Gasteiger partial charge in [-0.25, -0.2) is 4.79 Å². The van der Waals surface area contributed by atoms with Crippen molar-refractivity contribution in [3.63, 3.8) is 0 Å². The van der Waals surface area contributed by atoms with Gasteiger partial charge in [-0.1, -0.05) is 48.5 Å². The topological polar surface area (TPSA) is 59.8 Å². The van der Waals surface area contributed by atoms with Crippen molar-refractivity contribution in [1.29, 1.82) is 0 Å². The van der Waals surface area contributed by atoms with Crippen LogP contribution in [-0.4, -0.2) is 23.4 Å². The molecule has 0 fully saturated rings. The number of ether oxygens (including phenoxy) is 1. The zero-order chi connectivity index (χ0) is 18.8. The quantitative estimate of drug-likeness (QED) is 0.639. The Labute approximate surface area is 157 Å². The summed E-state index contributed by atoms with van der Waals surface area (Å²) in [6, 6.07) is 20.3. The molecule has 4 rings (SSSR count). The van der Waals surface area contributed by atoms with Crippen LogP contribution in [0.15, 0.2) is 71.1 Å². The van der Waals surface area contributed by atoms with Gasteiger partial charge in [0.1, 0.15) is 11.8 Å². The van der Waals surface area contributed by atoms with Gasteiger partial charge in [0, 0.05) is 12.1 Å². The summed E-state index contributed by atoms with van der Waals surface area (Å²) in [5, 5.41) is 0. The molecule has 1 amide bonds. The van der Waals surface area contributed by atoms with E-state index in [4.69, 9.17) is 9.15 Å². The zero-order valence-electron chi connectivity index (χ0n) is 14.9. The van der Waals surface area contributed by atoms with Crippen molar-refractivity contribution in [1.82, 2.24) is 4.90 Å². The molecular formula is C22H19NO4. The van der Waals surface area contributed by atoms with E-state index in [-0.39, 0.29) is 24.3 Å². The standard InChI is InChI=1S/C22H19NO4/c1-2-26-22(25)19-13-12-18(27-19)20-16-10-6-7-11-17(16)21(24)23(20)14-15-8-4-3-5-9-15/h3-13,20H,2,14H2,1H3. The van der Waals surface area contributed by atoms with Crippen molar-refractivity contribution in [2.75, 3.05) is 6.61 Å². The molecule has 5 nitrogen and oxygen atoms in total. The van der Waals surface area contributed by atoms with Gasteiger partial charge in [0.15, 0.2) is 0 Å². The van der Waals surface area contributed by atoms with Crippen LogP contribution in [0.1, 0.15) is 50.8 Å². The molecule has 0 saturated heterocycles. The van der Waals surface area contributed by atoms with Gasteiger partial charge in [-0.15, -0.1) is 0 Å². The summed E-state index contributed by atoms with van der Waals surface area (Å²) in [4.78, 5) is 26.8. The monoisotopic (exact) mass is 361 g/mol. The summed E-state index contributed by atoms with van der Waals surface area (Å²) >= 11 is 0. The maximum absolute atomic E-state index is 13.0. The Hall–Kier alpha value is -3.34. The van der Waals surface area contributed by atoms with Crippen molar-refractivity contribution in [3.8, 4) is 0 Å². The summed E-state index contributed by atoms with van der Waals surface area (Å²) in [5.41, 5.74) is 2.57. The molecule has 0 radical (unpaired) electrons. The number of esters is 1. The maximum atomic E-state index is 13.0. The van der Waals surface area contributed by atoms with Crippen LogP contribution in [0, 0.1) is 0 Å². The first kappa shape index (κ1) is 17.1. The summed E-state index contributed by atoms with van der Waals surface area (Å²) in [6.07, 6.45) is 0. The molecule has 0 aliphatic carbocycles. The summed E-state index contributed by atoms with van der Waals surface area (Å²) in [6.45, 7) is 2.48. The highest BCUT2D eigenvalue weighted by molar-refractivity contribution is 5.99. The molecule has 2 heterocycles. The predicted molar refractivity (Wildman–Crippen MR) is 99.3 cm³/mol. The van der Waals surface area contributed by atoms with Gasteiger partial charge in [0.25, 0.3) is 5.91 Å². The van der Waals surface area contributed by atoms with Crippen molar-refractivity contribution in [3.05, 3.63) is 94.9 Å². The van der Waals surface area contributed by atoms with Crippen molar-refractivity contribution in [2.45, 2.75) is 19.5 Å². The minimum Gasteiger partial charge on any atom is -0.460 e. The third-order valence-corrected chi connectivity index (χ3v) is 4.63. The van der Waals surface area contributed by atoms with Gasteiger partial charge in [0.05, 0.1) is 6.61 Å². The fourth-order valence-electron chi connectivity index (χ4n) is 3.43. The van der Waals surface area contributed by atoms with Crippen LogP contribution in [-0.2, 0) is 11.3 Å². The SMILES string of the molecule is CCOC(=O)c1ccc(C2c3ccccc3C(=O)N2Cc2ccccc2)o1. The third-order valence-electron chi connectivity index (χ3n) is 4.63. The average molecular weight is 361 g/mol. The molecule has 5 heteroatoms. The molecule has 0 bridgehead atoms. The maximum Gasteiger partial charge on any atom is 0.374 e. The Kier molecular flexibility index (Phi) is 4.50. The van der Waals surface area contributed by atoms with E-state index in [0.29, 0.717) is 17.9 Å². The smallest absolute Gasteiger partial charge is 0.374 e. The fraction of sp³-hybridized carbons (Fsp3) is 0.182. The first-order valence-electron chi connectivity index (χ1n) is 8.89. The Morgan fingerprint density at radius 3 is 2.56 bits per heavy atom. The minimum atomic E-state index is -0.504. The highest BCUT2D eigenvalue weighted by atomic mass is 16.5. The number of hydrogen-bond donors (Lipinski definition) is 0. The van der Waals surface area contributed by atoms with Gasteiger partial charge in [-0.2, -0.15) is 0 Å². The summed E-state index contributed by atoms with van der Waals surface area (Å²) < 4.78 is 10.8. The number of carbonyl (C=O) groups excluding carboxylic acids is 2. The molecular weight excluding hydrogens is 342 g/mol. The van der Waals surface area contributed by atoms with E-state index in [9.17, 15) is 9.59 Å². The Morgan fingerprint density at radius 1 is 1.04 bits per heavy atom. The molecule has 27 heavy (non-hydrogen) atoms. The van der Waals surface area contributed by atoms with E-state index >= 15 is 0 Å². The number of carbonyl (C=O) groups is 2. The Bertz CT molecular complexity index is 977. The number of rotatable bonds is 5. The summed E-state index contributed by atoms with van der Waals surface area (Å²) in [5.74, 6) is 0.139. The second kappa shape index (κ2) is 7.11. The number of amides is 1. The highest BCUT2D eigenvalue weighted by Crippen LogP contribution is 2.40. The zero-order valence-corrected chi connectivity index (χ0v) is 14.9. The lowest BCUT2D eigenvalue weighted by Crippen LogP contribution is -2.28. The van der Waals surface area contributed by atoms with Crippen LogP contribution in [0.3, 0.4) is 0 Å². The minimum absolute atomic E-state index is 0.0477. The molecule has 0 saturated carbocycles. The first-order chi connectivity index (χ1) is 13.2. The van der Waals surface area contributed by atoms with Crippen molar-refractivity contribution >= 4 is 11.9 Å². The average Bonchev–Trinajstić information content (AvgIpc) is 3.27. The van der Waals surface area contributed by atoms with E-state index in [1.165, 1.54) is 0 Å². The molecule has 1 atom stereocenters. The lowest BCUT2D eigenvalue weighted by molar-refractivity contribution is 0.0485. The lowest BCUT2D eigenvalue weighted by Gasteiger charge is -2.24. The third kappa shape index (κ3) is 3.12. The Balaban J connectivity index is 1.73. The molecule has 136 valence electrons. The van der Waals surface area contributed by atoms with Gasteiger partial charge in [0.2, 0.25) is 5.76 Å². The van der Waals surface area contributed by atoms with E-state index in [2.05, 4.69) is 0 Å². The first-order valence-corrected chi connectivity index (χ1v) is 8.89. The van der Waals surface area contributed by atoms with Crippen LogP contribution < -0.4 is 0 Å². The molecule has 2 aromatic carbocycles. The van der Waals surface area contributed by atoms with E-state index in [1.54, 1.807) is 24.0 Å². The van der Waals surface area contributed by atoms with Crippen LogP contribution in [0.5, 0.6) is 0 Å². The molecule has 3 aromatic rings. The predicted octanol–water partition coefficient (Wildman–Crippen LogP) is 4.20. The van der Waals surface area contributed by atoms with Crippen molar-refractivity contribution in [2.24, 2.45) is 0 Å². The number of hydrogen-bond acceptors (Lipinski definition) is 4. The number of furan rings is 1. The lowest BCUT2D eigenvalue weighted by atomic mass is 10.0. The van der Waals surface area contributed by atoms with Crippen molar-refractivity contribution < 1.29 is 18.7 Å².